The summed E-state index contributed by atoms with van der Waals surface area (Å²) in [5, 5.41) is 1.50. The number of nitrogens with zero attached hydrogens (tertiary/aromatic N) is 1. The first-order chi connectivity index (χ1) is 10.5. The zero-order valence-corrected chi connectivity index (χ0v) is 17.0. The molecule has 23 heavy (non-hydrogen) atoms. The van der Waals surface area contributed by atoms with E-state index >= 15 is 0 Å². The highest BCUT2D eigenvalue weighted by atomic mass is 28.3. The van der Waals surface area contributed by atoms with Gasteiger partial charge in [0.2, 0.25) is 0 Å². The Hall–Kier alpha value is -1.41. The predicted molar refractivity (Wildman–Crippen MR) is 105 cm³/mol. The quantitative estimate of drug-likeness (QED) is 0.679. The average Bonchev–Trinajstić information content (AvgIpc) is 2.34. The first kappa shape index (κ1) is 17.9. The molecule has 0 aliphatic heterocycles. The molecule has 0 N–H and O–H groups in total. The van der Waals surface area contributed by atoms with Crippen molar-refractivity contribution < 1.29 is 0 Å². The highest BCUT2D eigenvalue weighted by Crippen LogP contribution is 2.25. The van der Waals surface area contributed by atoms with Crippen LogP contribution in [0, 0.1) is 19.3 Å². The SMILES string of the molecule is Cc1cc(C)cc(-c2cc(CC(C)(C)C)c([Si](C)(C)C)cn2)c1. The Morgan fingerprint density at radius 3 is 1.96 bits per heavy atom. The number of rotatable bonds is 3. The standard InChI is InChI=1S/C21H31NSi/c1-15-9-16(2)11-17(10-15)19-12-18(13-21(3,4)5)20(14-22-19)23(6,7)8/h9-12,14H,13H2,1-8H3. The van der Waals surface area contributed by atoms with E-state index < -0.39 is 8.07 Å². The number of aromatic nitrogens is 1. The molecule has 2 aromatic rings. The normalized spacial score (nSPS) is 12.5. The third-order valence-electron chi connectivity index (χ3n) is 4.04. The summed E-state index contributed by atoms with van der Waals surface area (Å²) in [5.74, 6) is 0. The van der Waals surface area contributed by atoms with Crippen LogP contribution in [0.1, 0.15) is 37.5 Å². The Morgan fingerprint density at radius 2 is 1.48 bits per heavy atom. The molecule has 0 atom stereocenters. The third kappa shape index (κ3) is 4.78. The second kappa shape index (κ2) is 6.24. The van der Waals surface area contributed by atoms with E-state index in [0.717, 1.165) is 12.1 Å². The van der Waals surface area contributed by atoms with E-state index in [9.17, 15) is 0 Å². The molecule has 2 heteroatoms. The highest BCUT2D eigenvalue weighted by molar-refractivity contribution is 6.89. The van der Waals surface area contributed by atoms with Gasteiger partial charge in [0.25, 0.3) is 0 Å². The molecule has 0 unspecified atom stereocenters. The largest absolute Gasteiger partial charge is 0.256 e. The molecule has 0 saturated carbocycles. The minimum atomic E-state index is -1.39. The van der Waals surface area contributed by atoms with Crippen LogP contribution in [0.15, 0.2) is 30.5 Å². The number of aryl methyl sites for hydroxylation is 2. The van der Waals surface area contributed by atoms with Crippen molar-refractivity contribution in [3.05, 3.63) is 47.2 Å². The van der Waals surface area contributed by atoms with Crippen molar-refractivity contribution in [2.75, 3.05) is 0 Å². The van der Waals surface area contributed by atoms with E-state index in [1.165, 1.54) is 27.4 Å². The van der Waals surface area contributed by atoms with Gasteiger partial charge in [-0.25, -0.2) is 0 Å². The Labute approximate surface area is 143 Å². The second-order valence-electron chi connectivity index (χ2n) is 9.09. The molecule has 0 amide bonds. The predicted octanol–water partition coefficient (Wildman–Crippen LogP) is 5.50. The maximum Gasteiger partial charge on any atom is 0.0799 e. The van der Waals surface area contributed by atoms with Crippen molar-refractivity contribution in [1.29, 1.82) is 0 Å². The molecule has 0 aliphatic rings. The minimum Gasteiger partial charge on any atom is -0.256 e. The molecule has 0 fully saturated rings. The van der Waals surface area contributed by atoms with Gasteiger partial charge in [-0.1, -0.05) is 57.6 Å². The summed E-state index contributed by atoms with van der Waals surface area (Å²) < 4.78 is 0. The van der Waals surface area contributed by atoms with Gasteiger partial charge in [0.05, 0.1) is 13.8 Å². The second-order valence-corrected chi connectivity index (χ2v) is 14.1. The summed E-state index contributed by atoms with van der Waals surface area (Å²) in [6.45, 7) is 18.5. The van der Waals surface area contributed by atoms with E-state index in [0.29, 0.717) is 0 Å². The van der Waals surface area contributed by atoms with Crippen molar-refractivity contribution in [3.8, 4) is 11.3 Å². The third-order valence-corrected chi connectivity index (χ3v) is 6.10. The van der Waals surface area contributed by atoms with E-state index in [4.69, 9.17) is 4.98 Å². The number of pyridine rings is 1. The Balaban J connectivity index is 2.57. The van der Waals surface area contributed by atoms with E-state index in [1.807, 2.05) is 0 Å². The molecule has 0 spiro atoms. The zero-order chi connectivity index (χ0) is 17.4. The summed E-state index contributed by atoms with van der Waals surface area (Å²) in [6, 6.07) is 9.04. The average molecular weight is 326 g/mol. The van der Waals surface area contributed by atoms with Crippen LogP contribution in [0.4, 0.5) is 0 Å². The fourth-order valence-corrected chi connectivity index (χ4v) is 4.75. The van der Waals surface area contributed by atoms with Crippen molar-refractivity contribution in [3.63, 3.8) is 0 Å². The molecule has 2 rings (SSSR count). The smallest absolute Gasteiger partial charge is 0.0799 e. The molecule has 0 radical (unpaired) electrons. The maximum absolute atomic E-state index is 4.82. The molecule has 1 nitrogen and oxygen atoms in total. The molecule has 0 aliphatic carbocycles. The van der Waals surface area contributed by atoms with Gasteiger partial charge in [-0.05, 0) is 54.6 Å². The lowest BCUT2D eigenvalue weighted by molar-refractivity contribution is 0.412. The molecule has 1 heterocycles. The Kier molecular flexibility index (Phi) is 4.86. The topological polar surface area (TPSA) is 12.9 Å². The van der Waals surface area contributed by atoms with Crippen molar-refractivity contribution in [1.82, 2.24) is 4.98 Å². The lowest BCUT2D eigenvalue weighted by atomic mass is 9.88. The number of hydrogen-bond donors (Lipinski definition) is 0. The molecule has 0 saturated heterocycles. The van der Waals surface area contributed by atoms with Crippen LogP contribution in [-0.4, -0.2) is 13.1 Å². The van der Waals surface area contributed by atoms with Crippen LogP contribution in [0.2, 0.25) is 19.6 Å². The monoisotopic (exact) mass is 325 g/mol. The van der Waals surface area contributed by atoms with E-state index in [1.54, 1.807) is 0 Å². The summed E-state index contributed by atoms with van der Waals surface area (Å²) in [7, 11) is -1.39. The molecular weight excluding hydrogens is 294 g/mol. The van der Waals surface area contributed by atoms with Gasteiger partial charge in [-0.2, -0.15) is 0 Å². The molecule has 1 aromatic carbocycles. The van der Waals surface area contributed by atoms with Gasteiger partial charge in [-0.3, -0.25) is 4.98 Å². The van der Waals surface area contributed by atoms with Crippen molar-refractivity contribution >= 4 is 13.3 Å². The van der Waals surface area contributed by atoms with Gasteiger partial charge in [0.15, 0.2) is 0 Å². The molecular formula is C21H31NSi. The zero-order valence-electron chi connectivity index (χ0n) is 16.0. The lowest BCUT2D eigenvalue weighted by Crippen LogP contribution is -2.41. The van der Waals surface area contributed by atoms with E-state index in [2.05, 4.69) is 84.7 Å². The molecule has 124 valence electrons. The van der Waals surface area contributed by atoms with Crippen LogP contribution in [0.25, 0.3) is 11.3 Å². The summed E-state index contributed by atoms with van der Waals surface area (Å²) in [6.07, 6.45) is 3.26. The number of benzene rings is 1. The Morgan fingerprint density at radius 1 is 0.913 bits per heavy atom. The molecule has 0 bridgehead atoms. The fraction of sp³-hybridized carbons (Fsp3) is 0.476. The van der Waals surface area contributed by atoms with Gasteiger partial charge in [-0.15, -0.1) is 0 Å². The first-order valence-electron chi connectivity index (χ1n) is 8.54. The van der Waals surface area contributed by atoms with Gasteiger partial charge < -0.3 is 0 Å². The maximum atomic E-state index is 4.82. The minimum absolute atomic E-state index is 0.287. The van der Waals surface area contributed by atoms with Crippen LogP contribution in [0.5, 0.6) is 0 Å². The van der Waals surface area contributed by atoms with Crippen LogP contribution in [-0.2, 0) is 6.42 Å². The number of hydrogen-bond acceptors (Lipinski definition) is 1. The molecule has 1 aromatic heterocycles. The Bertz CT molecular complexity index is 683. The van der Waals surface area contributed by atoms with Crippen LogP contribution >= 0.6 is 0 Å². The summed E-state index contributed by atoms with van der Waals surface area (Å²) >= 11 is 0. The van der Waals surface area contributed by atoms with E-state index in [-0.39, 0.29) is 5.41 Å². The highest BCUT2D eigenvalue weighted by Gasteiger charge is 2.24. The van der Waals surface area contributed by atoms with Crippen LogP contribution in [0.3, 0.4) is 0 Å². The van der Waals surface area contributed by atoms with Gasteiger partial charge >= 0.3 is 0 Å². The fourth-order valence-electron chi connectivity index (χ4n) is 3.17. The van der Waals surface area contributed by atoms with Crippen molar-refractivity contribution in [2.45, 2.75) is 60.7 Å². The summed E-state index contributed by atoms with van der Waals surface area (Å²) in [4.78, 5) is 4.82. The summed E-state index contributed by atoms with van der Waals surface area (Å²) in [5.41, 5.74) is 6.72. The first-order valence-corrected chi connectivity index (χ1v) is 12.0. The van der Waals surface area contributed by atoms with Gasteiger partial charge in [0, 0.05) is 11.8 Å². The van der Waals surface area contributed by atoms with Crippen molar-refractivity contribution in [2.24, 2.45) is 5.41 Å². The lowest BCUT2D eigenvalue weighted by Gasteiger charge is -2.26. The van der Waals surface area contributed by atoms with Crippen LogP contribution < -0.4 is 5.19 Å². The van der Waals surface area contributed by atoms with Gasteiger partial charge in [0.1, 0.15) is 0 Å².